The topological polar surface area (TPSA) is 40.6 Å². The summed E-state index contributed by atoms with van der Waals surface area (Å²) in [5.41, 5.74) is 0. The van der Waals surface area contributed by atoms with Gasteiger partial charge in [-0.3, -0.25) is 4.90 Å². The molecular weight excluding hydrogens is 224 g/mol. The molecule has 0 aromatic rings. The Morgan fingerprint density at radius 2 is 1.69 bits per heavy atom. The molecule has 0 aromatic carbocycles. The molecule has 0 N–H and O–H groups in total. The summed E-state index contributed by atoms with van der Waals surface area (Å²) in [5, 5.41) is 0. The summed E-state index contributed by atoms with van der Waals surface area (Å²) in [5.74, 6) is 0. The van der Waals surface area contributed by atoms with Crippen LogP contribution in [-0.4, -0.2) is 55.1 Å². The fourth-order valence-electron chi connectivity index (χ4n) is 2.62. The van der Waals surface area contributed by atoms with Crippen LogP contribution in [0.5, 0.6) is 0 Å². The Morgan fingerprint density at radius 3 is 2.00 bits per heavy atom. The van der Waals surface area contributed by atoms with Gasteiger partial charge >= 0.3 is 0 Å². The summed E-state index contributed by atoms with van der Waals surface area (Å²) in [6.45, 7) is 10.0. The van der Waals surface area contributed by atoms with Gasteiger partial charge in [0.2, 0.25) is 10.0 Å². The van der Waals surface area contributed by atoms with E-state index in [-0.39, 0.29) is 12.1 Å². The summed E-state index contributed by atoms with van der Waals surface area (Å²) in [4.78, 5) is 2.39. The number of hydrogen-bond acceptors (Lipinski definition) is 3. The third-order valence-corrected chi connectivity index (χ3v) is 4.95. The lowest BCUT2D eigenvalue weighted by atomic mass is 10.1. The lowest BCUT2D eigenvalue weighted by Crippen LogP contribution is -2.59. The lowest BCUT2D eigenvalue weighted by Gasteiger charge is -2.45. The molecule has 1 fully saturated rings. The van der Waals surface area contributed by atoms with E-state index in [1.807, 2.05) is 13.8 Å². The van der Waals surface area contributed by atoms with Gasteiger partial charge in [0.15, 0.2) is 0 Å². The number of piperazine rings is 1. The molecule has 1 aliphatic rings. The number of rotatable bonds is 3. The molecule has 0 bridgehead atoms. The second kappa shape index (κ2) is 5.02. The van der Waals surface area contributed by atoms with E-state index < -0.39 is 10.0 Å². The molecule has 0 radical (unpaired) electrons. The van der Waals surface area contributed by atoms with E-state index in [2.05, 4.69) is 18.7 Å². The van der Waals surface area contributed by atoms with Crippen LogP contribution in [0.3, 0.4) is 0 Å². The molecule has 0 aliphatic carbocycles. The van der Waals surface area contributed by atoms with E-state index >= 15 is 0 Å². The first-order chi connectivity index (χ1) is 7.27. The molecule has 1 heterocycles. The fourth-order valence-corrected chi connectivity index (χ4v) is 4.06. The van der Waals surface area contributed by atoms with Crippen molar-refractivity contribution in [1.29, 1.82) is 0 Å². The van der Waals surface area contributed by atoms with Gasteiger partial charge in [-0.1, -0.05) is 6.92 Å². The summed E-state index contributed by atoms with van der Waals surface area (Å²) in [7, 11) is -3.07. The molecule has 96 valence electrons. The molecule has 1 rings (SSSR count). The summed E-state index contributed by atoms with van der Waals surface area (Å²) < 4.78 is 25.0. The van der Waals surface area contributed by atoms with Gasteiger partial charge in [-0.25, -0.2) is 8.42 Å². The smallest absolute Gasteiger partial charge is 0.211 e. The number of sulfonamides is 1. The summed E-state index contributed by atoms with van der Waals surface area (Å²) in [6, 6.07) is 0.687. The Balaban J connectivity index is 2.79. The molecule has 5 heteroatoms. The van der Waals surface area contributed by atoms with Gasteiger partial charge in [0.1, 0.15) is 0 Å². The van der Waals surface area contributed by atoms with Crippen LogP contribution >= 0.6 is 0 Å². The van der Waals surface area contributed by atoms with Gasteiger partial charge in [-0.2, -0.15) is 4.31 Å². The largest absolute Gasteiger partial charge is 0.298 e. The van der Waals surface area contributed by atoms with Crippen LogP contribution < -0.4 is 0 Å². The molecule has 1 aliphatic heterocycles. The Bertz CT molecular complexity index is 317. The van der Waals surface area contributed by atoms with Crippen LogP contribution in [0.25, 0.3) is 0 Å². The third kappa shape index (κ3) is 2.96. The van der Waals surface area contributed by atoms with Crippen molar-refractivity contribution < 1.29 is 8.42 Å². The highest BCUT2D eigenvalue weighted by atomic mass is 32.2. The van der Waals surface area contributed by atoms with E-state index in [1.165, 1.54) is 6.26 Å². The first-order valence-electron chi connectivity index (χ1n) is 6.00. The first kappa shape index (κ1) is 13.9. The van der Waals surface area contributed by atoms with E-state index in [1.54, 1.807) is 4.31 Å². The summed E-state index contributed by atoms with van der Waals surface area (Å²) in [6.07, 6.45) is 2.41. The van der Waals surface area contributed by atoms with Crippen LogP contribution in [0.15, 0.2) is 0 Å². The van der Waals surface area contributed by atoms with Crippen molar-refractivity contribution in [2.75, 3.05) is 19.3 Å². The average Bonchev–Trinajstić information content (AvgIpc) is 2.13. The Hall–Kier alpha value is -0.130. The van der Waals surface area contributed by atoms with Crippen molar-refractivity contribution in [3.05, 3.63) is 0 Å². The van der Waals surface area contributed by atoms with E-state index in [0.29, 0.717) is 6.04 Å². The van der Waals surface area contributed by atoms with E-state index in [0.717, 1.165) is 19.5 Å². The number of nitrogens with zero attached hydrogens (tertiary/aromatic N) is 2. The highest BCUT2D eigenvalue weighted by Crippen LogP contribution is 2.21. The molecule has 4 nitrogen and oxygen atoms in total. The predicted molar refractivity (Wildman–Crippen MR) is 66.9 cm³/mol. The molecule has 1 saturated heterocycles. The van der Waals surface area contributed by atoms with Crippen LogP contribution in [0.1, 0.15) is 34.1 Å². The molecule has 0 spiro atoms. The predicted octanol–water partition coefficient (Wildman–Crippen LogP) is 1.14. The zero-order valence-corrected chi connectivity index (χ0v) is 11.8. The SMILES string of the molecule is CCC(C)N1C[C@H](C)N(S(C)(=O)=O)[C@@H](C)C1. The first-order valence-corrected chi connectivity index (χ1v) is 7.84. The lowest BCUT2D eigenvalue weighted by molar-refractivity contribution is 0.0724. The minimum atomic E-state index is -3.07. The van der Waals surface area contributed by atoms with Crippen molar-refractivity contribution in [3.63, 3.8) is 0 Å². The minimum Gasteiger partial charge on any atom is -0.298 e. The maximum atomic E-state index is 11.7. The zero-order valence-electron chi connectivity index (χ0n) is 11.0. The Kier molecular flexibility index (Phi) is 4.37. The van der Waals surface area contributed by atoms with Crippen LogP contribution in [-0.2, 0) is 10.0 Å². The quantitative estimate of drug-likeness (QED) is 0.752. The fraction of sp³-hybridized carbons (Fsp3) is 1.00. The van der Waals surface area contributed by atoms with Crippen molar-refractivity contribution in [2.24, 2.45) is 0 Å². The van der Waals surface area contributed by atoms with Gasteiger partial charge < -0.3 is 0 Å². The van der Waals surface area contributed by atoms with Gasteiger partial charge in [-0.15, -0.1) is 0 Å². The van der Waals surface area contributed by atoms with Gasteiger partial charge in [0.05, 0.1) is 6.26 Å². The molecule has 0 aromatic heterocycles. The second-order valence-corrected chi connectivity index (χ2v) is 6.89. The molecule has 0 saturated carbocycles. The van der Waals surface area contributed by atoms with Crippen molar-refractivity contribution >= 4 is 10.0 Å². The number of hydrogen-bond donors (Lipinski definition) is 0. The molecule has 3 atom stereocenters. The highest BCUT2D eigenvalue weighted by molar-refractivity contribution is 7.88. The van der Waals surface area contributed by atoms with Gasteiger partial charge in [0.25, 0.3) is 0 Å². The van der Waals surface area contributed by atoms with Crippen LogP contribution in [0, 0.1) is 0 Å². The van der Waals surface area contributed by atoms with Crippen molar-refractivity contribution in [2.45, 2.75) is 52.2 Å². The third-order valence-electron chi connectivity index (χ3n) is 3.46. The zero-order chi connectivity index (χ0) is 12.5. The monoisotopic (exact) mass is 248 g/mol. The highest BCUT2D eigenvalue weighted by Gasteiger charge is 2.36. The Morgan fingerprint density at radius 1 is 1.25 bits per heavy atom. The Labute approximate surface area is 99.7 Å². The average molecular weight is 248 g/mol. The second-order valence-electron chi connectivity index (χ2n) is 5.00. The molecule has 0 amide bonds. The van der Waals surface area contributed by atoms with Crippen molar-refractivity contribution in [3.8, 4) is 0 Å². The standard InChI is InChI=1S/C11H24N2O2S/c1-6-9(2)12-7-10(3)13(11(4)8-12)16(5,14)15/h9-11H,6-8H2,1-5H3/t9?,10-,11-/m0/s1. The summed E-state index contributed by atoms with van der Waals surface area (Å²) >= 11 is 0. The van der Waals surface area contributed by atoms with Gasteiger partial charge in [-0.05, 0) is 27.2 Å². The van der Waals surface area contributed by atoms with Crippen LogP contribution in [0.4, 0.5) is 0 Å². The molecule has 1 unspecified atom stereocenters. The minimum absolute atomic E-state index is 0.0766. The maximum absolute atomic E-state index is 11.7. The molecule has 16 heavy (non-hydrogen) atoms. The van der Waals surface area contributed by atoms with Crippen LogP contribution in [0.2, 0.25) is 0 Å². The van der Waals surface area contributed by atoms with E-state index in [9.17, 15) is 8.42 Å². The normalized spacial score (nSPS) is 31.6. The van der Waals surface area contributed by atoms with Crippen molar-refractivity contribution in [1.82, 2.24) is 9.21 Å². The molecular formula is C11H24N2O2S. The van der Waals surface area contributed by atoms with E-state index in [4.69, 9.17) is 0 Å². The maximum Gasteiger partial charge on any atom is 0.211 e. The van der Waals surface area contributed by atoms with Gasteiger partial charge in [0, 0.05) is 31.2 Å².